The summed E-state index contributed by atoms with van der Waals surface area (Å²) in [7, 11) is -2.84. The lowest BCUT2D eigenvalue weighted by Gasteiger charge is -2.34. The molecule has 42 heavy (non-hydrogen) atoms. The van der Waals surface area contributed by atoms with E-state index in [-0.39, 0.29) is 39.7 Å². The molecule has 0 fully saturated rings. The van der Waals surface area contributed by atoms with Crippen LogP contribution in [0.1, 0.15) is 43.9 Å². The van der Waals surface area contributed by atoms with Gasteiger partial charge in [-0.05, 0) is 67.6 Å². The Labute approximate surface area is 254 Å². The fourth-order valence-corrected chi connectivity index (χ4v) is 6.10. The zero-order chi connectivity index (χ0) is 31.0. The minimum absolute atomic E-state index is 0.00935. The summed E-state index contributed by atoms with van der Waals surface area (Å²) in [6, 6.07) is 17.8. The number of benzene rings is 3. The fourth-order valence-electron chi connectivity index (χ4n) is 4.52. The fraction of sp³-hybridized carbons (Fsp3) is 0.375. The van der Waals surface area contributed by atoms with Crippen molar-refractivity contribution in [2.45, 2.75) is 58.5 Å². The Balaban J connectivity index is 2.13. The Morgan fingerprint density at radius 3 is 2.26 bits per heavy atom. The van der Waals surface area contributed by atoms with Crippen LogP contribution in [0.4, 0.5) is 5.69 Å². The van der Waals surface area contributed by atoms with Crippen LogP contribution in [0, 0.1) is 19.8 Å². The van der Waals surface area contributed by atoms with Gasteiger partial charge in [0.15, 0.2) is 0 Å². The lowest BCUT2D eigenvalue weighted by atomic mass is 10.1. The highest BCUT2D eigenvalue weighted by molar-refractivity contribution is 7.92. The molecule has 0 aliphatic heterocycles. The molecule has 0 radical (unpaired) electrons. The van der Waals surface area contributed by atoms with Crippen LogP contribution in [0.25, 0.3) is 0 Å². The second-order valence-corrected chi connectivity index (χ2v) is 13.0. The van der Waals surface area contributed by atoms with Gasteiger partial charge in [-0.1, -0.05) is 74.3 Å². The molecule has 0 spiro atoms. The molecule has 0 aromatic heterocycles. The molecule has 1 atom stereocenters. The summed E-state index contributed by atoms with van der Waals surface area (Å²) in [6.07, 6.45) is 0.340. The van der Waals surface area contributed by atoms with Crippen molar-refractivity contribution in [1.82, 2.24) is 10.2 Å². The number of nitrogens with zero attached hydrogens (tertiary/aromatic N) is 2. The summed E-state index contributed by atoms with van der Waals surface area (Å²) in [5.41, 5.74) is 2.81. The molecular weight excluding hydrogens is 574 g/mol. The number of rotatable bonds is 13. The number of carbonyl (C=O) groups excluding carboxylic acids is 2. The van der Waals surface area contributed by atoms with Crippen molar-refractivity contribution >= 4 is 39.1 Å². The first-order chi connectivity index (χ1) is 19.9. The third-order valence-corrected chi connectivity index (χ3v) is 8.98. The number of carbonyl (C=O) groups is 2. The van der Waals surface area contributed by atoms with Crippen molar-refractivity contribution in [3.05, 3.63) is 88.4 Å². The molecule has 0 saturated carbocycles. The van der Waals surface area contributed by atoms with E-state index in [2.05, 4.69) is 5.32 Å². The molecule has 0 bridgehead atoms. The Morgan fingerprint density at radius 1 is 1.00 bits per heavy atom. The largest absolute Gasteiger partial charge is 0.495 e. The van der Waals surface area contributed by atoms with Crippen molar-refractivity contribution in [3.8, 4) is 5.75 Å². The van der Waals surface area contributed by atoms with Gasteiger partial charge >= 0.3 is 0 Å². The Bertz CT molecular complexity index is 1490. The predicted molar refractivity (Wildman–Crippen MR) is 167 cm³/mol. The van der Waals surface area contributed by atoms with Crippen LogP contribution >= 0.6 is 11.6 Å². The van der Waals surface area contributed by atoms with E-state index < -0.39 is 28.5 Å². The standard InChI is InChI=1S/C32H40ClN3O5S/c1-7-28(32(38)34-19-22(2)3)35(20-25-11-9-8-10-24(25)5)31(37)21-36(29-18-26(33)14-17-30(29)41-6)42(39,40)27-15-12-23(4)13-16-27/h8-18,22,28H,7,19-21H2,1-6H3,(H,34,38). The van der Waals surface area contributed by atoms with E-state index in [1.165, 1.54) is 30.2 Å². The number of sulfonamides is 1. The first kappa shape index (κ1) is 32.9. The van der Waals surface area contributed by atoms with Gasteiger partial charge in [-0.2, -0.15) is 0 Å². The van der Waals surface area contributed by atoms with Crippen molar-refractivity contribution in [2.24, 2.45) is 5.92 Å². The SMILES string of the molecule is CCC(C(=O)NCC(C)C)N(Cc1ccccc1C)C(=O)CN(c1cc(Cl)ccc1OC)S(=O)(=O)c1ccc(C)cc1. The third kappa shape index (κ3) is 8.04. The average Bonchev–Trinajstić information content (AvgIpc) is 2.95. The van der Waals surface area contributed by atoms with Gasteiger partial charge in [0.1, 0.15) is 18.3 Å². The second kappa shape index (κ2) is 14.6. The normalized spacial score (nSPS) is 12.1. The summed E-state index contributed by atoms with van der Waals surface area (Å²) < 4.78 is 34.7. The monoisotopic (exact) mass is 613 g/mol. The van der Waals surface area contributed by atoms with E-state index in [1.807, 2.05) is 58.9 Å². The summed E-state index contributed by atoms with van der Waals surface area (Å²) in [6.45, 7) is 9.61. The number of amides is 2. The Morgan fingerprint density at radius 2 is 1.67 bits per heavy atom. The maximum atomic E-state index is 14.3. The molecular formula is C32H40ClN3O5S. The van der Waals surface area contributed by atoms with Gasteiger partial charge in [0.05, 0.1) is 17.7 Å². The van der Waals surface area contributed by atoms with Crippen molar-refractivity contribution in [1.29, 1.82) is 0 Å². The molecule has 3 rings (SSSR count). The molecule has 0 saturated heterocycles. The number of hydrogen-bond acceptors (Lipinski definition) is 5. The average molecular weight is 614 g/mol. The molecule has 226 valence electrons. The molecule has 2 amide bonds. The first-order valence-corrected chi connectivity index (χ1v) is 15.7. The maximum Gasteiger partial charge on any atom is 0.264 e. The van der Waals surface area contributed by atoms with Crippen LogP contribution < -0.4 is 14.4 Å². The molecule has 1 N–H and O–H groups in total. The zero-order valence-electron chi connectivity index (χ0n) is 25.1. The number of nitrogens with one attached hydrogen (secondary N) is 1. The first-order valence-electron chi connectivity index (χ1n) is 13.9. The quantitative estimate of drug-likeness (QED) is 0.265. The molecule has 1 unspecified atom stereocenters. The van der Waals surface area contributed by atoms with Crippen LogP contribution in [0.5, 0.6) is 5.75 Å². The van der Waals surface area contributed by atoms with Crippen molar-refractivity contribution < 1.29 is 22.7 Å². The Hall–Kier alpha value is -3.56. The van der Waals surface area contributed by atoms with Gasteiger partial charge in [0.25, 0.3) is 10.0 Å². The van der Waals surface area contributed by atoms with Crippen molar-refractivity contribution in [2.75, 3.05) is 24.5 Å². The van der Waals surface area contributed by atoms with Crippen molar-refractivity contribution in [3.63, 3.8) is 0 Å². The second-order valence-electron chi connectivity index (χ2n) is 10.7. The zero-order valence-corrected chi connectivity index (χ0v) is 26.6. The van der Waals surface area contributed by atoms with E-state index in [4.69, 9.17) is 16.3 Å². The summed E-state index contributed by atoms with van der Waals surface area (Å²) >= 11 is 6.31. The minimum Gasteiger partial charge on any atom is -0.495 e. The van der Waals surface area contributed by atoms with Gasteiger partial charge in [0.2, 0.25) is 11.8 Å². The summed E-state index contributed by atoms with van der Waals surface area (Å²) in [4.78, 5) is 29.1. The Kier molecular flexibility index (Phi) is 11.4. The van der Waals surface area contributed by atoms with Gasteiger partial charge in [-0.25, -0.2) is 8.42 Å². The number of ether oxygens (including phenoxy) is 1. The van der Waals surface area contributed by atoms with Gasteiger partial charge in [-0.15, -0.1) is 0 Å². The van der Waals surface area contributed by atoms with Gasteiger partial charge in [0, 0.05) is 18.1 Å². The molecule has 3 aromatic carbocycles. The number of anilines is 1. The van der Waals surface area contributed by atoms with Crippen LogP contribution in [0.2, 0.25) is 5.02 Å². The number of aryl methyl sites for hydroxylation is 2. The van der Waals surface area contributed by atoms with E-state index >= 15 is 0 Å². The lowest BCUT2D eigenvalue weighted by molar-refractivity contribution is -0.140. The number of hydrogen-bond donors (Lipinski definition) is 1. The molecule has 0 aliphatic carbocycles. The molecule has 10 heteroatoms. The van der Waals surface area contributed by atoms with E-state index in [1.54, 1.807) is 24.3 Å². The third-order valence-electron chi connectivity index (χ3n) is 6.97. The van der Waals surface area contributed by atoms with E-state index in [0.29, 0.717) is 13.0 Å². The van der Waals surface area contributed by atoms with Gasteiger partial charge in [-0.3, -0.25) is 13.9 Å². The molecule has 0 heterocycles. The number of halogens is 1. The highest BCUT2D eigenvalue weighted by Crippen LogP contribution is 2.35. The summed E-state index contributed by atoms with van der Waals surface area (Å²) in [5, 5.41) is 3.22. The molecule has 0 aliphatic rings. The smallest absolute Gasteiger partial charge is 0.264 e. The van der Waals surface area contributed by atoms with Crippen LogP contribution in [0.15, 0.2) is 71.6 Å². The predicted octanol–water partition coefficient (Wildman–Crippen LogP) is 5.74. The minimum atomic E-state index is -4.26. The molecule has 3 aromatic rings. The highest BCUT2D eigenvalue weighted by Gasteiger charge is 2.35. The highest BCUT2D eigenvalue weighted by atomic mass is 35.5. The topological polar surface area (TPSA) is 96.0 Å². The maximum absolute atomic E-state index is 14.3. The van der Waals surface area contributed by atoms with E-state index in [0.717, 1.165) is 21.0 Å². The molecule has 8 nitrogen and oxygen atoms in total. The van der Waals surface area contributed by atoms with Gasteiger partial charge < -0.3 is 15.0 Å². The van der Waals surface area contributed by atoms with Crippen LogP contribution in [0.3, 0.4) is 0 Å². The van der Waals surface area contributed by atoms with E-state index in [9.17, 15) is 18.0 Å². The summed E-state index contributed by atoms with van der Waals surface area (Å²) in [5.74, 6) is -0.378. The van der Waals surface area contributed by atoms with Crippen LogP contribution in [-0.2, 0) is 26.2 Å². The lowest BCUT2D eigenvalue weighted by Crippen LogP contribution is -2.52. The van der Waals surface area contributed by atoms with Crippen LogP contribution in [-0.4, -0.2) is 51.4 Å². The number of methoxy groups -OCH3 is 1.